The maximum Gasteiger partial charge on any atom is 0.246 e. The van der Waals surface area contributed by atoms with Crippen molar-refractivity contribution in [3.63, 3.8) is 0 Å². The van der Waals surface area contributed by atoms with E-state index in [2.05, 4.69) is 26.6 Å². The summed E-state index contributed by atoms with van der Waals surface area (Å²) in [4.78, 5) is 24.9. The number of carbonyl (C=O) groups excluding carboxylic acids is 2. The molecule has 0 aromatic carbocycles. The molecule has 0 saturated heterocycles. The van der Waals surface area contributed by atoms with Crippen molar-refractivity contribution in [1.82, 2.24) is 10.6 Å². The summed E-state index contributed by atoms with van der Waals surface area (Å²) in [6.45, 7) is -0.400. The zero-order valence-electron chi connectivity index (χ0n) is 20.1. The number of fused-ring (bicyclic) bond motifs is 3. The van der Waals surface area contributed by atoms with E-state index in [-0.39, 0.29) is 50.1 Å². The number of alkyl halides is 5. The standard InChI is InChI=1S/C24H35BrCl2F2N2O5/c25-21-22(34)24(31-20(33)12-36-14-2-4-16(27)18(29)10-14)7-5-23(21,6-8-24)30-19(32)11-35-13-1-3-15(26)17(28)9-13/h13-18,21-22,34H,1-12H2,(H,30,32)(H,31,33)/t13?,14?,15?,16?,17?,18?,21-,22+,23?,24?/m1/s1. The number of nitrogens with one attached hydrogen (secondary N) is 2. The summed E-state index contributed by atoms with van der Waals surface area (Å²) in [5.74, 6) is -0.679. The molecule has 0 aromatic heterocycles. The molecule has 0 spiro atoms. The minimum Gasteiger partial charge on any atom is -0.389 e. The number of hydrogen-bond acceptors (Lipinski definition) is 5. The molecule has 36 heavy (non-hydrogen) atoms. The second-order valence-corrected chi connectivity index (χ2v) is 12.9. The molecule has 5 fully saturated rings. The van der Waals surface area contributed by atoms with Crippen LogP contribution in [0.5, 0.6) is 0 Å². The van der Waals surface area contributed by atoms with Crippen LogP contribution < -0.4 is 10.6 Å². The predicted molar refractivity (Wildman–Crippen MR) is 135 cm³/mol. The highest BCUT2D eigenvalue weighted by Crippen LogP contribution is 2.50. The average Bonchev–Trinajstić information content (AvgIpc) is 2.85. The summed E-state index contributed by atoms with van der Waals surface area (Å²) in [7, 11) is 0. The average molecular weight is 620 g/mol. The summed E-state index contributed by atoms with van der Waals surface area (Å²) < 4.78 is 38.9. The SMILES string of the molecule is O=C(COC1CCC(Cl)C(F)C1)NC12CCC(NC(=O)COC3CCC(Cl)C(F)C3)(CC1)[C@@H](O)[C@H]2Br. The van der Waals surface area contributed by atoms with Crippen molar-refractivity contribution in [3.05, 3.63) is 0 Å². The van der Waals surface area contributed by atoms with Crippen LogP contribution in [0.15, 0.2) is 0 Å². The molecule has 0 radical (unpaired) electrons. The predicted octanol–water partition coefficient (Wildman–Crippen LogP) is 3.44. The van der Waals surface area contributed by atoms with Crippen molar-refractivity contribution in [2.45, 2.75) is 122 Å². The topological polar surface area (TPSA) is 96.9 Å². The Labute approximate surface area is 228 Å². The third-order valence-electron chi connectivity index (χ3n) is 8.37. The second-order valence-electron chi connectivity index (χ2n) is 10.8. The molecule has 5 aliphatic carbocycles. The zero-order valence-corrected chi connectivity index (χ0v) is 23.2. The minimum atomic E-state index is -1.14. The van der Waals surface area contributed by atoms with Crippen molar-refractivity contribution in [1.29, 1.82) is 0 Å². The van der Waals surface area contributed by atoms with Gasteiger partial charge in [-0.1, -0.05) is 15.9 Å². The van der Waals surface area contributed by atoms with E-state index in [1.165, 1.54) is 0 Å². The highest BCUT2D eigenvalue weighted by Gasteiger charge is 2.60. The van der Waals surface area contributed by atoms with Crippen LogP contribution in [0.2, 0.25) is 0 Å². The molecule has 8 atom stereocenters. The molecule has 0 aliphatic heterocycles. The Hall–Kier alpha value is -0.260. The molecular weight excluding hydrogens is 585 g/mol. The quantitative estimate of drug-likeness (QED) is 0.362. The number of hydrogen-bond donors (Lipinski definition) is 3. The lowest BCUT2D eigenvalue weighted by atomic mass is 9.59. The van der Waals surface area contributed by atoms with Gasteiger partial charge in [-0.2, -0.15) is 0 Å². The van der Waals surface area contributed by atoms with Crippen LogP contribution in [-0.4, -0.2) is 87.4 Å². The maximum absolute atomic E-state index is 13.8. The number of carbonyl (C=O) groups is 2. The highest BCUT2D eigenvalue weighted by atomic mass is 79.9. The molecule has 0 heterocycles. The van der Waals surface area contributed by atoms with Gasteiger partial charge in [0.1, 0.15) is 25.6 Å². The van der Waals surface area contributed by atoms with Crippen LogP contribution in [0.3, 0.4) is 0 Å². The first-order valence-electron chi connectivity index (χ1n) is 12.8. The van der Waals surface area contributed by atoms with Gasteiger partial charge in [-0.15, -0.1) is 23.2 Å². The van der Waals surface area contributed by atoms with Crippen molar-refractivity contribution in [2.24, 2.45) is 0 Å². The van der Waals surface area contributed by atoms with E-state index in [0.29, 0.717) is 51.4 Å². The van der Waals surface area contributed by atoms with Crippen molar-refractivity contribution in [2.75, 3.05) is 13.2 Å². The monoisotopic (exact) mass is 618 g/mol. The van der Waals surface area contributed by atoms with E-state index >= 15 is 0 Å². The molecule has 5 rings (SSSR count). The molecule has 0 aromatic rings. The largest absolute Gasteiger partial charge is 0.389 e. The van der Waals surface area contributed by atoms with Crippen LogP contribution in [0.4, 0.5) is 8.78 Å². The van der Waals surface area contributed by atoms with Crippen LogP contribution in [0, 0.1) is 0 Å². The molecule has 2 amide bonds. The van der Waals surface area contributed by atoms with Gasteiger partial charge in [-0.05, 0) is 51.4 Å². The fourth-order valence-corrected chi connectivity index (χ4v) is 7.63. The fraction of sp³-hybridized carbons (Fsp3) is 0.917. The normalized spacial score (nSPS) is 44.7. The first-order valence-corrected chi connectivity index (χ1v) is 14.6. The summed E-state index contributed by atoms with van der Waals surface area (Å²) in [5.41, 5.74) is -1.50. The summed E-state index contributed by atoms with van der Waals surface area (Å²) in [6.07, 6.45) is 0.761. The van der Waals surface area contributed by atoms with Gasteiger partial charge in [-0.25, -0.2) is 8.78 Å². The van der Waals surface area contributed by atoms with E-state index in [4.69, 9.17) is 32.7 Å². The molecule has 5 saturated carbocycles. The summed E-state index contributed by atoms with van der Waals surface area (Å²) >= 11 is 15.4. The van der Waals surface area contributed by atoms with E-state index < -0.39 is 45.1 Å². The van der Waals surface area contributed by atoms with Gasteiger partial charge in [0.15, 0.2) is 0 Å². The summed E-state index contributed by atoms with van der Waals surface area (Å²) in [5, 5.41) is 16.1. The molecule has 7 nitrogen and oxygen atoms in total. The molecule has 206 valence electrons. The van der Waals surface area contributed by atoms with Gasteiger partial charge >= 0.3 is 0 Å². The number of amides is 2. The van der Waals surface area contributed by atoms with Gasteiger partial charge in [0.2, 0.25) is 11.8 Å². The van der Waals surface area contributed by atoms with Crippen LogP contribution >= 0.6 is 39.1 Å². The van der Waals surface area contributed by atoms with E-state index in [1.54, 1.807) is 0 Å². The molecule has 12 heteroatoms. The van der Waals surface area contributed by atoms with Crippen LogP contribution in [-0.2, 0) is 19.1 Å². The Morgan fingerprint density at radius 3 is 1.69 bits per heavy atom. The Morgan fingerprint density at radius 2 is 1.25 bits per heavy atom. The molecular formula is C24H35BrCl2F2N2O5. The highest BCUT2D eigenvalue weighted by molar-refractivity contribution is 9.09. The number of aliphatic hydroxyl groups excluding tert-OH is 1. The minimum absolute atomic E-state index is 0.174. The van der Waals surface area contributed by atoms with Crippen molar-refractivity contribution in [3.8, 4) is 0 Å². The van der Waals surface area contributed by atoms with Crippen LogP contribution in [0.1, 0.15) is 64.2 Å². The maximum atomic E-state index is 13.8. The number of ether oxygens (including phenoxy) is 2. The van der Waals surface area contributed by atoms with E-state index in [9.17, 15) is 23.5 Å². The number of rotatable bonds is 8. The lowest BCUT2D eigenvalue weighted by Gasteiger charge is -2.59. The van der Waals surface area contributed by atoms with E-state index in [0.717, 1.165) is 0 Å². The fourth-order valence-electron chi connectivity index (χ4n) is 6.09. The smallest absolute Gasteiger partial charge is 0.246 e. The van der Waals surface area contributed by atoms with Crippen molar-refractivity contribution >= 4 is 50.9 Å². The molecule has 2 bridgehead atoms. The molecule has 5 aliphatic rings. The van der Waals surface area contributed by atoms with E-state index in [1.807, 2.05) is 0 Å². The first-order chi connectivity index (χ1) is 17.0. The summed E-state index contributed by atoms with van der Waals surface area (Å²) in [6, 6.07) is 0. The first kappa shape index (κ1) is 28.7. The van der Waals surface area contributed by atoms with Gasteiger partial charge in [-0.3, -0.25) is 9.59 Å². The third kappa shape index (κ3) is 6.30. The molecule has 6 unspecified atom stereocenters. The Morgan fingerprint density at radius 1 is 0.833 bits per heavy atom. The number of halogens is 5. The Bertz CT molecular complexity index is 742. The van der Waals surface area contributed by atoms with Crippen LogP contribution in [0.25, 0.3) is 0 Å². The lowest BCUT2D eigenvalue weighted by molar-refractivity contribution is -0.141. The van der Waals surface area contributed by atoms with Gasteiger partial charge in [0.25, 0.3) is 0 Å². The Kier molecular flexibility index (Phi) is 9.47. The lowest BCUT2D eigenvalue weighted by Crippen LogP contribution is -2.75. The third-order valence-corrected chi connectivity index (χ3v) is 10.7. The zero-order chi connectivity index (χ0) is 26.1. The van der Waals surface area contributed by atoms with Gasteiger partial charge in [0, 0.05) is 12.8 Å². The molecule has 3 N–H and O–H groups in total. The Balaban J connectivity index is 1.25. The van der Waals surface area contributed by atoms with Gasteiger partial charge in [0.05, 0.1) is 45.0 Å². The van der Waals surface area contributed by atoms with Gasteiger partial charge < -0.3 is 25.2 Å². The van der Waals surface area contributed by atoms with Crippen molar-refractivity contribution < 1.29 is 33.0 Å². The second kappa shape index (κ2) is 11.9. The number of aliphatic hydroxyl groups is 1.